The number of Topliss-reactive ketones (excluding diaryl/α,β-unsaturated/α-hetero) is 1. The third kappa shape index (κ3) is 1.71. The quantitative estimate of drug-likeness (QED) is 0.759. The van der Waals surface area contributed by atoms with E-state index in [4.69, 9.17) is 0 Å². The minimum Gasteiger partial charge on any atom is -0.302 e. The smallest absolute Gasteiger partial charge is 0.299 e. The summed E-state index contributed by atoms with van der Waals surface area (Å²) >= 11 is 0. The van der Waals surface area contributed by atoms with Gasteiger partial charge in [0.2, 0.25) is 0 Å². The molecule has 1 aromatic carbocycles. The van der Waals surface area contributed by atoms with Gasteiger partial charge in [0.25, 0.3) is 11.7 Å². The number of benzene rings is 1. The molecule has 3 nitrogen and oxygen atoms in total. The lowest BCUT2D eigenvalue weighted by atomic mass is 10.1. The summed E-state index contributed by atoms with van der Waals surface area (Å²) in [7, 11) is 0. The summed E-state index contributed by atoms with van der Waals surface area (Å²) < 4.78 is 27.0. The van der Waals surface area contributed by atoms with E-state index >= 15 is 0 Å². The topological polar surface area (TPSA) is 37.4 Å². The predicted molar refractivity (Wildman–Crippen MR) is 57.9 cm³/mol. The summed E-state index contributed by atoms with van der Waals surface area (Å²) in [4.78, 5) is 24.2. The SMILES string of the molecule is CCCCN1C(=O)C(=O)c2c(F)ccc(F)c21. The van der Waals surface area contributed by atoms with Crippen LogP contribution in [0, 0.1) is 11.6 Å². The first-order valence-electron chi connectivity index (χ1n) is 5.42. The third-order valence-electron chi connectivity index (χ3n) is 2.75. The number of hydrogen-bond donors (Lipinski definition) is 0. The maximum atomic E-state index is 13.6. The second-order valence-corrected chi connectivity index (χ2v) is 3.89. The molecule has 0 atom stereocenters. The van der Waals surface area contributed by atoms with E-state index in [1.54, 1.807) is 0 Å². The summed E-state index contributed by atoms with van der Waals surface area (Å²) in [5.41, 5.74) is -0.653. The van der Waals surface area contributed by atoms with Gasteiger partial charge >= 0.3 is 0 Å². The summed E-state index contributed by atoms with van der Waals surface area (Å²) in [5, 5.41) is 0. The zero-order valence-corrected chi connectivity index (χ0v) is 9.30. The number of fused-ring (bicyclic) bond motifs is 1. The highest BCUT2D eigenvalue weighted by Gasteiger charge is 2.39. The van der Waals surface area contributed by atoms with Crippen molar-refractivity contribution in [3.63, 3.8) is 0 Å². The van der Waals surface area contributed by atoms with Crippen molar-refractivity contribution in [3.8, 4) is 0 Å². The number of hydrogen-bond acceptors (Lipinski definition) is 2. The molecule has 1 aliphatic heterocycles. The molecule has 0 radical (unpaired) electrons. The molecule has 1 amide bonds. The van der Waals surface area contributed by atoms with Crippen LogP contribution in [0.2, 0.25) is 0 Å². The molecule has 0 saturated heterocycles. The van der Waals surface area contributed by atoms with Crippen LogP contribution in [-0.2, 0) is 4.79 Å². The van der Waals surface area contributed by atoms with Crippen LogP contribution in [0.1, 0.15) is 30.1 Å². The molecule has 0 fully saturated rings. The lowest BCUT2D eigenvalue weighted by Crippen LogP contribution is -2.31. The van der Waals surface area contributed by atoms with Gasteiger partial charge in [-0.3, -0.25) is 9.59 Å². The number of halogens is 2. The van der Waals surface area contributed by atoms with Gasteiger partial charge in [-0.05, 0) is 18.6 Å². The van der Waals surface area contributed by atoms with Gasteiger partial charge < -0.3 is 4.90 Å². The molecule has 0 spiro atoms. The van der Waals surface area contributed by atoms with Gasteiger partial charge in [-0.1, -0.05) is 13.3 Å². The Morgan fingerprint density at radius 3 is 2.47 bits per heavy atom. The largest absolute Gasteiger partial charge is 0.302 e. The van der Waals surface area contributed by atoms with Crippen LogP contribution in [-0.4, -0.2) is 18.2 Å². The Morgan fingerprint density at radius 2 is 1.82 bits per heavy atom. The van der Waals surface area contributed by atoms with E-state index in [-0.39, 0.29) is 12.2 Å². The first-order chi connectivity index (χ1) is 8.07. The Kier molecular flexibility index (Phi) is 2.92. The van der Waals surface area contributed by atoms with Crippen molar-refractivity contribution in [1.82, 2.24) is 0 Å². The van der Waals surface area contributed by atoms with Crippen molar-refractivity contribution in [2.45, 2.75) is 19.8 Å². The normalized spacial score (nSPS) is 14.4. The van der Waals surface area contributed by atoms with Crippen molar-refractivity contribution in [2.75, 3.05) is 11.4 Å². The number of ketones is 1. The number of rotatable bonds is 3. The summed E-state index contributed by atoms with van der Waals surface area (Å²) in [6.45, 7) is 2.14. The Hall–Kier alpha value is -1.78. The van der Waals surface area contributed by atoms with E-state index in [1.807, 2.05) is 6.92 Å². The highest BCUT2D eigenvalue weighted by molar-refractivity contribution is 6.52. The van der Waals surface area contributed by atoms with Gasteiger partial charge in [0.15, 0.2) is 0 Å². The average molecular weight is 239 g/mol. The van der Waals surface area contributed by atoms with Crippen molar-refractivity contribution in [3.05, 3.63) is 29.3 Å². The van der Waals surface area contributed by atoms with Gasteiger partial charge in [0.05, 0.1) is 11.3 Å². The first kappa shape index (κ1) is 11.7. The molecular weight excluding hydrogens is 228 g/mol. The van der Waals surface area contributed by atoms with E-state index in [0.29, 0.717) is 6.42 Å². The summed E-state index contributed by atoms with van der Waals surface area (Å²) in [6.07, 6.45) is 1.43. The monoisotopic (exact) mass is 239 g/mol. The van der Waals surface area contributed by atoms with Gasteiger partial charge in [0, 0.05) is 6.54 Å². The van der Waals surface area contributed by atoms with Crippen LogP contribution in [0.15, 0.2) is 12.1 Å². The minimum atomic E-state index is -0.965. The molecule has 2 rings (SSSR count). The van der Waals surface area contributed by atoms with Crippen molar-refractivity contribution >= 4 is 17.4 Å². The van der Waals surface area contributed by atoms with Crippen LogP contribution < -0.4 is 4.90 Å². The molecule has 0 aromatic heterocycles. The zero-order valence-electron chi connectivity index (χ0n) is 9.30. The molecule has 1 heterocycles. The second kappa shape index (κ2) is 4.24. The Balaban J connectivity index is 2.52. The molecule has 0 aliphatic carbocycles. The van der Waals surface area contributed by atoms with Gasteiger partial charge in [-0.2, -0.15) is 0 Å². The number of anilines is 1. The Bertz CT molecular complexity index is 500. The van der Waals surface area contributed by atoms with Crippen molar-refractivity contribution in [1.29, 1.82) is 0 Å². The number of carbonyl (C=O) groups is 2. The lowest BCUT2D eigenvalue weighted by Gasteiger charge is -2.16. The maximum Gasteiger partial charge on any atom is 0.299 e. The number of carbonyl (C=O) groups excluding carboxylic acids is 2. The average Bonchev–Trinajstić information content (AvgIpc) is 2.56. The molecule has 17 heavy (non-hydrogen) atoms. The standard InChI is InChI=1S/C12H11F2NO2/c1-2-3-6-15-10-8(14)5-4-7(13)9(10)11(16)12(15)17/h4-5H,2-3,6H2,1H3. The molecule has 0 saturated carbocycles. The fourth-order valence-electron chi connectivity index (χ4n) is 1.88. The highest BCUT2D eigenvalue weighted by atomic mass is 19.1. The lowest BCUT2D eigenvalue weighted by molar-refractivity contribution is -0.114. The van der Waals surface area contributed by atoms with E-state index in [2.05, 4.69) is 0 Å². The minimum absolute atomic E-state index is 0.214. The number of unbranched alkanes of at least 4 members (excludes halogenated alkanes) is 1. The molecule has 1 aromatic rings. The maximum absolute atomic E-state index is 13.6. The molecule has 1 aliphatic rings. The van der Waals surface area contributed by atoms with Crippen LogP contribution >= 0.6 is 0 Å². The fourth-order valence-corrected chi connectivity index (χ4v) is 1.88. The third-order valence-corrected chi connectivity index (χ3v) is 2.75. The van der Waals surface area contributed by atoms with Gasteiger partial charge in [-0.25, -0.2) is 8.78 Å². The molecule has 5 heteroatoms. The van der Waals surface area contributed by atoms with Crippen LogP contribution in [0.3, 0.4) is 0 Å². The van der Waals surface area contributed by atoms with Crippen LogP contribution in [0.5, 0.6) is 0 Å². The van der Waals surface area contributed by atoms with Crippen molar-refractivity contribution < 1.29 is 18.4 Å². The van der Waals surface area contributed by atoms with E-state index < -0.39 is 28.9 Å². The van der Waals surface area contributed by atoms with Gasteiger partial charge in [0.1, 0.15) is 11.6 Å². The van der Waals surface area contributed by atoms with E-state index in [9.17, 15) is 18.4 Å². The molecular formula is C12H11F2NO2. The Labute approximate surface area is 97.0 Å². The molecule has 0 N–H and O–H groups in total. The summed E-state index contributed by atoms with van der Waals surface area (Å²) in [5.74, 6) is -3.40. The number of nitrogens with zero attached hydrogens (tertiary/aromatic N) is 1. The van der Waals surface area contributed by atoms with E-state index in [1.165, 1.54) is 0 Å². The Morgan fingerprint density at radius 1 is 1.18 bits per heavy atom. The predicted octanol–water partition coefficient (Wildman–Crippen LogP) is 2.29. The van der Waals surface area contributed by atoms with Crippen LogP contribution in [0.25, 0.3) is 0 Å². The van der Waals surface area contributed by atoms with Gasteiger partial charge in [-0.15, -0.1) is 0 Å². The van der Waals surface area contributed by atoms with E-state index in [0.717, 1.165) is 23.5 Å². The molecule has 0 bridgehead atoms. The fraction of sp³-hybridized carbons (Fsp3) is 0.333. The molecule has 90 valence electrons. The van der Waals surface area contributed by atoms with Crippen LogP contribution in [0.4, 0.5) is 14.5 Å². The summed E-state index contributed by atoms with van der Waals surface area (Å²) in [6, 6.07) is 1.79. The van der Waals surface area contributed by atoms with Crippen molar-refractivity contribution in [2.24, 2.45) is 0 Å². The zero-order chi connectivity index (χ0) is 12.6. The highest BCUT2D eigenvalue weighted by Crippen LogP contribution is 2.33. The first-order valence-corrected chi connectivity index (χ1v) is 5.42. The second-order valence-electron chi connectivity index (χ2n) is 3.89. The number of amides is 1. The molecule has 0 unspecified atom stereocenters.